The topological polar surface area (TPSA) is 98.1 Å². The molecule has 6 nitrogen and oxygen atoms in total. The standard InChI is InChI=1S/C21H25NO5/c1-22(10-11-2-3-11)14-9-20-17-12(4-5-15(23)18(17)25)8-13(14)21(20,27)7-6-16(24)19(20)26/h4-5,8,11,13-14,19,25-27H,2-3,6-7,9-10H2,1H3/t13?,14?,19?,20-,21?/m0/s1. The second kappa shape index (κ2) is 5.40. The molecule has 3 fully saturated rings. The number of hydrogen-bond donors (Lipinski definition) is 3. The van der Waals surface area contributed by atoms with Crippen molar-refractivity contribution in [3.63, 3.8) is 0 Å². The second-order valence-electron chi connectivity index (χ2n) is 8.99. The van der Waals surface area contributed by atoms with E-state index in [2.05, 4.69) is 4.90 Å². The van der Waals surface area contributed by atoms with Crippen LogP contribution >= 0.6 is 0 Å². The van der Waals surface area contributed by atoms with Crippen molar-refractivity contribution in [2.24, 2.45) is 17.3 Å². The molecule has 27 heavy (non-hydrogen) atoms. The van der Waals surface area contributed by atoms with E-state index in [-0.39, 0.29) is 36.2 Å². The summed E-state index contributed by atoms with van der Waals surface area (Å²) in [5, 5.41) is 33.4. The summed E-state index contributed by atoms with van der Waals surface area (Å²) in [5.74, 6) is -0.904. The predicted octanol–water partition coefficient (Wildman–Crippen LogP) is 1.05. The Bertz CT molecular complexity index is 838. The lowest BCUT2D eigenvalue weighted by Gasteiger charge is -2.54. The molecular weight excluding hydrogens is 346 g/mol. The average Bonchev–Trinajstić information content (AvgIpc) is 3.42. The van der Waals surface area contributed by atoms with E-state index in [1.807, 2.05) is 13.1 Å². The van der Waals surface area contributed by atoms with Crippen LogP contribution in [0.4, 0.5) is 0 Å². The summed E-state index contributed by atoms with van der Waals surface area (Å²) in [4.78, 5) is 26.9. The van der Waals surface area contributed by atoms with Crippen LogP contribution in [0.5, 0.6) is 0 Å². The highest BCUT2D eigenvalue weighted by molar-refractivity contribution is 6.06. The van der Waals surface area contributed by atoms with Crippen LogP contribution in [-0.4, -0.2) is 63.1 Å². The number of aliphatic hydroxyl groups is 3. The van der Waals surface area contributed by atoms with Crippen molar-refractivity contribution < 1.29 is 24.9 Å². The van der Waals surface area contributed by atoms with Crippen LogP contribution in [0.1, 0.15) is 32.1 Å². The largest absolute Gasteiger partial charge is 0.504 e. The zero-order valence-corrected chi connectivity index (χ0v) is 15.4. The van der Waals surface area contributed by atoms with Gasteiger partial charge in [0.05, 0.1) is 11.0 Å². The van der Waals surface area contributed by atoms with Gasteiger partial charge in [0, 0.05) is 30.5 Å². The van der Waals surface area contributed by atoms with Crippen molar-refractivity contribution in [2.45, 2.75) is 49.9 Å². The molecule has 2 bridgehead atoms. The van der Waals surface area contributed by atoms with Crippen LogP contribution in [0.2, 0.25) is 0 Å². The lowest BCUT2D eigenvalue weighted by Crippen LogP contribution is -2.63. The maximum absolute atomic E-state index is 12.5. The van der Waals surface area contributed by atoms with E-state index in [0.29, 0.717) is 17.9 Å². The Morgan fingerprint density at radius 3 is 2.70 bits per heavy atom. The Hall–Kier alpha value is -1.76. The monoisotopic (exact) mass is 371 g/mol. The number of aliphatic hydroxyl groups excluding tert-OH is 2. The van der Waals surface area contributed by atoms with Gasteiger partial charge in [-0.25, -0.2) is 0 Å². The summed E-state index contributed by atoms with van der Waals surface area (Å²) in [5.41, 5.74) is -1.76. The second-order valence-corrected chi connectivity index (χ2v) is 8.99. The first-order valence-corrected chi connectivity index (χ1v) is 9.81. The van der Waals surface area contributed by atoms with E-state index in [1.165, 1.54) is 18.9 Å². The van der Waals surface area contributed by atoms with Crippen molar-refractivity contribution in [3.8, 4) is 0 Å². The van der Waals surface area contributed by atoms with Crippen molar-refractivity contribution in [1.82, 2.24) is 4.90 Å². The molecule has 3 saturated carbocycles. The van der Waals surface area contributed by atoms with Gasteiger partial charge in [0.25, 0.3) is 0 Å². The molecule has 5 aliphatic rings. The summed E-state index contributed by atoms with van der Waals surface area (Å²) in [7, 11) is 2.03. The first-order valence-electron chi connectivity index (χ1n) is 9.81. The van der Waals surface area contributed by atoms with E-state index in [9.17, 15) is 24.9 Å². The first-order chi connectivity index (χ1) is 12.8. The van der Waals surface area contributed by atoms with Crippen LogP contribution in [-0.2, 0) is 9.59 Å². The van der Waals surface area contributed by atoms with Gasteiger partial charge in [0.15, 0.2) is 11.5 Å². The molecule has 0 aliphatic heterocycles. The Kier molecular flexibility index (Phi) is 3.47. The number of rotatable bonds is 3. The molecule has 0 aromatic heterocycles. The molecule has 0 amide bonds. The van der Waals surface area contributed by atoms with Crippen molar-refractivity contribution in [2.75, 3.05) is 13.6 Å². The summed E-state index contributed by atoms with van der Waals surface area (Å²) >= 11 is 0. The molecule has 5 atom stereocenters. The van der Waals surface area contributed by atoms with Crippen LogP contribution in [0.15, 0.2) is 35.1 Å². The third kappa shape index (κ3) is 2.06. The number of carbonyl (C=O) groups is 2. The smallest absolute Gasteiger partial charge is 0.220 e. The molecule has 0 spiro atoms. The summed E-state index contributed by atoms with van der Waals surface area (Å²) in [6.45, 7) is 0.917. The maximum Gasteiger partial charge on any atom is 0.220 e. The Morgan fingerprint density at radius 1 is 1.26 bits per heavy atom. The number of ketones is 2. The SMILES string of the molecule is CN(CC1CC1)C1C[C@@]23C4=C(O)C(=O)C=CC4=CC1C2(O)CCC(=O)C3O. The van der Waals surface area contributed by atoms with E-state index in [1.54, 1.807) is 6.08 Å². The first kappa shape index (κ1) is 17.3. The highest BCUT2D eigenvalue weighted by atomic mass is 16.3. The third-order valence-corrected chi connectivity index (χ3v) is 7.58. The number of fused-ring (bicyclic) bond motifs is 1. The molecule has 144 valence electrons. The molecule has 3 N–H and O–H groups in total. The molecule has 0 aromatic rings. The quantitative estimate of drug-likeness (QED) is 0.686. The number of allylic oxidation sites excluding steroid dienone is 3. The molecule has 4 unspecified atom stereocenters. The van der Waals surface area contributed by atoms with E-state index in [0.717, 1.165) is 6.54 Å². The maximum atomic E-state index is 12.5. The fourth-order valence-corrected chi connectivity index (χ4v) is 6.08. The van der Waals surface area contributed by atoms with Gasteiger partial charge in [-0.15, -0.1) is 0 Å². The lowest BCUT2D eigenvalue weighted by molar-refractivity contribution is -0.169. The number of carbonyl (C=O) groups excluding carboxylic acids is 2. The van der Waals surface area contributed by atoms with Crippen LogP contribution in [0, 0.1) is 17.3 Å². The molecule has 0 heterocycles. The van der Waals surface area contributed by atoms with E-state index in [4.69, 9.17) is 0 Å². The molecule has 5 rings (SSSR count). The summed E-state index contributed by atoms with van der Waals surface area (Å²) in [6, 6.07) is -0.0574. The molecule has 0 saturated heterocycles. The van der Waals surface area contributed by atoms with E-state index >= 15 is 0 Å². The third-order valence-electron chi connectivity index (χ3n) is 7.58. The Morgan fingerprint density at radius 2 is 2.00 bits per heavy atom. The zero-order chi connectivity index (χ0) is 19.1. The van der Waals surface area contributed by atoms with Gasteiger partial charge in [0.1, 0.15) is 6.10 Å². The number of Topliss-reactive ketones (excluding diaryl/α,β-unsaturated/α-hetero) is 1. The zero-order valence-electron chi connectivity index (χ0n) is 15.4. The predicted molar refractivity (Wildman–Crippen MR) is 96.8 cm³/mol. The van der Waals surface area contributed by atoms with Crippen molar-refractivity contribution in [1.29, 1.82) is 0 Å². The van der Waals surface area contributed by atoms with Gasteiger partial charge in [-0.1, -0.05) is 12.2 Å². The molecule has 5 aliphatic carbocycles. The van der Waals surface area contributed by atoms with Gasteiger partial charge < -0.3 is 20.2 Å². The fraction of sp³-hybridized carbons (Fsp3) is 0.619. The van der Waals surface area contributed by atoms with Crippen LogP contribution in [0.3, 0.4) is 0 Å². The van der Waals surface area contributed by atoms with Crippen LogP contribution in [0.25, 0.3) is 0 Å². The highest BCUT2D eigenvalue weighted by Gasteiger charge is 2.73. The Labute approximate surface area is 157 Å². The van der Waals surface area contributed by atoms with Crippen LogP contribution < -0.4 is 0 Å². The lowest BCUT2D eigenvalue weighted by atomic mass is 9.53. The minimum atomic E-state index is -1.42. The highest BCUT2D eigenvalue weighted by Crippen LogP contribution is 2.66. The minimum Gasteiger partial charge on any atom is -0.504 e. The van der Waals surface area contributed by atoms with Gasteiger partial charge in [-0.2, -0.15) is 0 Å². The average molecular weight is 371 g/mol. The van der Waals surface area contributed by atoms with Gasteiger partial charge in [-0.3, -0.25) is 9.59 Å². The fourth-order valence-electron chi connectivity index (χ4n) is 6.08. The van der Waals surface area contributed by atoms with Gasteiger partial charge in [-0.05, 0) is 50.3 Å². The molecule has 6 heteroatoms. The summed E-state index contributed by atoms with van der Waals surface area (Å²) < 4.78 is 0. The van der Waals surface area contributed by atoms with Crippen molar-refractivity contribution >= 4 is 11.6 Å². The molecule has 0 radical (unpaired) electrons. The molecule has 0 aromatic carbocycles. The number of hydrogen-bond acceptors (Lipinski definition) is 6. The van der Waals surface area contributed by atoms with Gasteiger partial charge in [0.2, 0.25) is 5.78 Å². The summed E-state index contributed by atoms with van der Waals surface area (Å²) in [6.07, 6.45) is 6.59. The minimum absolute atomic E-state index is 0.0574. The number of nitrogens with zero attached hydrogens (tertiary/aromatic N) is 1. The molecular formula is C21H25NO5. The van der Waals surface area contributed by atoms with E-state index < -0.39 is 28.7 Å². The Balaban J connectivity index is 1.70. The van der Waals surface area contributed by atoms with Crippen molar-refractivity contribution in [3.05, 3.63) is 35.1 Å². The van der Waals surface area contributed by atoms with Gasteiger partial charge >= 0.3 is 0 Å². The normalized spacial score (nSPS) is 43.1.